The lowest BCUT2D eigenvalue weighted by Crippen LogP contribution is -2.49. The van der Waals surface area contributed by atoms with Gasteiger partial charge in [-0.1, -0.05) is 19.0 Å². The van der Waals surface area contributed by atoms with Crippen LogP contribution in [0.1, 0.15) is 48.9 Å². The molecule has 0 radical (unpaired) electrons. The Bertz CT molecular complexity index is 679. The van der Waals surface area contributed by atoms with Crippen LogP contribution in [0.2, 0.25) is 0 Å². The molecule has 0 aliphatic heterocycles. The van der Waals surface area contributed by atoms with E-state index in [0.29, 0.717) is 5.95 Å². The van der Waals surface area contributed by atoms with Gasteiger partial charge in [0.05, 0.1) is 18.1 Å². The predicted octanol–water partition coefficient (Wildman–Crippen LogP) is 2.10. The van der Waals surface area contributed by atoms with Gasteiger partial charge in [-0.25, -0.2) is 14.4 Å². The molecule has 2 heterocycles. The highest BCUT2D eigenvalue weighted by atomic mass is 19.1. The van der Waals surface area contributed by atoms with Crippen LogP contribution in [0, 0.1) is 5.82 Å². The quantitative estimate of drug-likeness (QED) is 0.876. The first-order chi connectivity index (χ1) is 11.0. The molecule has 8 heteroatoms. The molecule has 2 aromatic heterocycles. The molecule has 3 rings (SSSR count). The van der Waals surface area contributed by atoms with Gasteiger partial charge in [0.25, 0.3) is 5.91 Å². The normalized spacial score (nSPS) is 20.2. The van der Waals surface area contributed by atoms with Crippen molar-refractivity contribution in [3.8, 4) is 0 Å². The Balaban J connectivity index is 1.46. The maximum absolute atomic E-state index is 12.7. The summed E-state index contributed by atoms with van der Waals surface area (Å²) in [6.07, 6.45) is 3.72. The van der Waals surface area contributed by atoms with E-state index >= 15 is 0 Å². The zero-order valence-corrected chi connectivity index (χ0v) is 12.9. The summed E-state index contributed by atoms with van der Waals surface area (Å²) in [6, 6.07) is 1.89. The van der Waals surface area contributed by atoms with Crippen LogP contribution in [0.15, 0.2) is 23.0 Å². The van der Waals surface area contributed by atoms with Crippen molar-refractivity contribution in [1.29, 1.82) is 0 Å². The Morgan fingerprint density at radius 1 is 1.30 bits per heavy atom. The van der Waals surface area contributed by atoms with Crippen LogP contribution in [0.25, 0.3) is 0 Å². The number of aromatic nitrogens is 3. The van der Waals surface area contributed by atoms with E-state index < -0.39 is 5.82 Å². The largest absolute Gasteiger partial charge is 0.351 e. The molecule has 0 bridgehead atoms. The van der Waals surface area contributed by atoms with Gasteiger partial charge in [-0.15, -0.1) is 0 Å². The summed E-state index contributed by atoms with van der Waals surface area (Å²) in [5.41, 5.74) is 0.761. The van der Waals surface area contributed by atoms with Crippen molar-refractivity contribution in [2.24, 2.45) is 0 Å². The highest BCUT2D eigenvalue weighted by Gasteiger charge is 2.31. The molecule has 0 saturated heterocycles. The number of carbonyl (C=O) groups excluding carboxylic acids is 1. The van der Waals surface area contributed by atoms with E-state index in [2.05, 4.69) is 25.8 Å². The van der Waals surface area contributed by atoms with Gasteiger partial charge in [0.15, 0.2) is 5.82 Å². The molecule has 2 aromatic rings. The smallest absolute Gasteiger partial charge is 0.290 e. The van der Waals surface area contributed by atoms with Gasteiger partial charge in [-0.3, -0.25) is 4.79 Å². The number of halogens is 1. The van der Waals surface area contributed by atoms with E-state index in [1.165, 1.54) is 0 Å². The average Bonchev–Trinajstić information content (AvgIpc) is 2.97. The van der Waals surface area contributed by atoms with Crippen molar-refractivity contribution >= 4 is 11.9 Å². The minimum absolute atomic E-state index is 0.0630. The first-order valence-corrected chi connectivity index (χ1v) is 7.53. The fourth-order valence-corrected chi connectivity index (χ4v) is 2.35. The Kier molecular flexibility index (Phi) is 4.22. The second-order valence-electron chi connectivity index (χ2n) is 5.98. The van der Waals surface area contributed by atoms with Crippen molar-refractivity contribution in [2.75, 3.05) is 5.32 Å². The molecule has 1 aliphatic carbocycles. The zero-order valence-electron chi connectivity index (χ0n) is 12.9. The van der Waals surface area contributed by atoms with Crippen molar-refractivity contribution in [2.45, 2.75) is 44.7 Å². The maximum atomic E-state index is 12.7. The Labute approximate surface area is 132 Å². The summed E-state index contributed by atoms with van der Waals surface area (Å²) in [5, 5.41) is 9.86. The number of rotatable bonds is 5. The maximum Gasteiger partial charge on any atom is 0.290 e. The lowest BCUT2D eigenvalue weighted by Gasteiger charge is -2.35. The summed E-state index contributed by atoms with van der Waals surface area (Å²) >= 11 is 0. The number of anilines is 1. The topological polar surface area (TPSA) is 92.9 Å². The molecule has 1 amide bonds. The number of nitrogens with one attached hydrogen (secondary N) is 2. The van der Waals surface area contributed by atoms with E-state index in [9.17, 15) is 9.18 Å². The van der Waals surface area contributed by atoms with E-state index in [-0.39, 0.29) is 29.7 Å². The molecule has 0 unspecified atom stereocenters. The zero-order chi connectivity index (χ0) is 16.4. The van der Waals surface area contributed by atoms with Crippen molar-refractivity contribution in [3.63, 3.8) is 0 Å². The number of hydrogen-bond acceptors (Lipinski definition) is 6. The minimum atomic E-state index is -0.470. The van der Waals surface area contributed by atoms with Gasteiger partial charge in [-0.05, 0) is 18.8 Å². The van der Waals surface area contributed by atoms with Crippen molar-refractivity contribution in [3.05, 3.63) is 35.7 Å². The summed E-state index contributed by atoms with van der Waals surface area (Å²) in [4.78, 5) is 19.7. The van der Waals surface area contributed by atoms with Crippen LogP contribution in [-0.4, -0.2) is 33.1 Å². The third-order valence-electron chi connectivity index (χ3n) is 3.77. The van der Waals surface area contributed by atoms with Crippen LogP contribution >= 0.6 is 0 Å². The standard InChI is InChI=1S/C15H18FN5O2/c1-8(2)12-5-13(23-21-12)14(22)19-10-3-11(4-10)20-15-17-6-9(16)7-18-15/h5-8,10-11H,3-4H2,1-2H3,(H,19,22)(H,17,18,20). The summed E-state index contributed by atoms with van der Waals surface area (Å²) in [6.45, 7) is 3.97. The molecular weight excluding hydrogens is 301 g/mol. The average molecular weight is 319 g/mol. The van der Waals surface area contributed by atoms with E-state index in [0.717, 1.165) is 30.9 Å². The molecular formula is C15H18FN5O2. The van der Waals surface area contributed by atoms with Crippen molar-refractivity contribution < 1.29 is 13.7 Å². The fourth-order valence-electron chi connectivity index (χ4n) is 2.35. The molecule has 122 valence electrons. The molecule has 1 aliphatic rings. The summed E-state index contributed by atoms with van der Waals surface area (Å²) in [7, 11) is 0. The third kappa shape index (κ3) is 3.64. The minimum Gasteiger partial charge on any atom is -0.351 e. The second-order valence-corrected chi connectivity index (χ2v) is 5.98. The van der Waals surface area contributed by atoms with E-state index in [4.69, 9.17) is 4.52 Å². The van der Waals surface area contributed by atoms with Gasteiger partial charge < -0.3 is 15.2 Å². The molecule has 1 fully saturated rings. The van der Waals surface area contributed by atoms with Crippen LogP contribution in [-0.2, 0) is 0 Å². The lowest BCUT2D eigenvalue weighted by atomic mass is 9.87. The SMILES string of the molecule is CC(C)c1cc(C(=O)NC2CC(Nc3ncc(F)cn3)C2)on1. The molecule has 23 heavy (non-hydrogen) atoms. The Morgan fingerprint density at radius 2 is 2.00 bits per heavy atom. The number of amides is 1. The molecule has 1 saturated carbocycles. The van der Waals surface area contributed by atoms with Gasteiger partial charge in [0, 0.05) is 18.2 Å². The van der Waals surface area contributed by atoms with Crippen LogP contribution in [0.3, 0.4) is 0 Å². The fraction of sp³-hybridized carbons (Fsp3) is 0.467. The van der Waals surface area contributed by atoms with Crippen LogP contribution in [0.4, 0.5) is 10.3 Å². The van der Waals surface area contributed by atoms with E-state index in [1.807, 2.05) is 13.8 Å². The van der Waals surface area contributed by atoms with Gasteiger partial charge in [-0.2, -0.15) is 0 Å². The molecule has 0 aromatic carbocycles. The van der Waals surface area contributed by atoms with E-state index in [1.54, 1.807) is 6.07 Å². The van der Waals surface area contributed by atoms with Gasteiger partial charge >= 0.3 is 0 Å². The monoisotopic (exact) mass is 319 g/mol. The number of carbonyl (C=O) groups is 1. The first kappa shape index (κ1) is 15.4. The Hall–Kier alpha value is -2.51. The summed E-state index contributed by atoms with van der Waals surface area (Å²) < 4.78 is 17.8. The highest BCUT2D eigenvalue weighted by Crippen LogP contribution is 2.23. The molecule has 2 N–H and O–H groups in total. The molecule has 0 spiro atoms. The second kappa shape index (κ2) is 6.31. The Morgan fingerprint density at radius 3 is 2.61 bits per heavy atom. The van der Waals surface area contributed by atoms with Gasteiger partial charge in [0.1, 0.15) is 0 Å². The molecule has 0 atom stereocenters. The van der Waals surface area contributed by atoms with Crippen LogP contribution < -0.4 is 10.6 Å². The van der Waals surface area contributed by atoms with Gasteiger partial charge in [0.2, 0.25) is 11.7 Å². The number of hydrogen-bond donors (Lipinski definition) is 2. The summed E-state index contributed by atoms with van der Waals surface area (Å²) in [5.74, 6) is 0.103. The molecule has 7 nitrogen and oxygen atoms in total. The number of nitrogens with zero attached hydrogens (tertiary/aromatic N) is 3. The highest BCUT2D eigenvalue weighted by molar-refractivity contribution is 5.91. The van der Waals surface area contributed by atoms with Crippen molar-refractivity contribution in [1.82, 2.24) is 20.4 Å². The van der Waals surface area contributed by atoms with Crippen LogP contribution in [0.5, 0.6) is 0 Å². The lowest BCUT2D eigenvalue weighted by molar-refractivity contribution is 0.0875. The third-order valence-corrected chi connectivity index (χ3v) is 3.77. The predicted molar refractivity (Wildman–Crippen MR) is 80.5 cm³/mol. The first-order valence-electron chi connectivity index (χ1n) is 7.53.